The van der Waals surface area contributed by atoms with Gasteiger partial charge in [0.25, 0.3) is 0 Å². The fourth-order valence-corrected chi connectivity index (χ4v) is 2.76. The molecule has 0 amide bonds. The molecule has 0 heterocycles. The average molecular weight is 259 g/mol. The number of hydrogen-bond acceptors (Lipinski definition) is 4. The SMILES string of the molecule is CCC(C)CSCCC(NC1CC1)C(=O)OC. The molecule has 1 N–H and O–H groups in total. The van der Waals surface area contributed by atoms with Crippen LogP contribution in [0.5, 0.6) is 0 Å². The molecule has 1 fully saturated rings. The summed E-state index contributed by atoms with van der Waals surface area (Å²) in [6.07, 6.45) is 4.51. The minimum atomic E-state index is -0.110. The second-order valence-electron chi connectivity index (χ2n) is 4.89. The predicted molar refractivity (Wildman–Crippen MR) is 73.4 cm³/mol. The quantitative estimate of drug-likeness (QED) is 0.510. The van der Waals surface area contributed by atoms with E-state index < -0.39 is 0 Å². The summed E-state index contributed by atoms with van der Waals surface area (Å²) in [4.78, 5) is 11.6. The Morgan fingerprint density at radius 3 is 2.76 bits per heavy atom. The van der Waals surface area contributed by atoms with Crippen molar-refractivity contribution in [1.29, 1.82) is 0 Å². The van der Waals surface area contributed by atoms with Crippen LogP contribution in [-0.4, -0.2) is 36.7 Å². The number of ether oxygens (including phenoxy) is 1. The highest BCUT2D eigenvalue weighted by molar-refractivity contribution is 7.99. The van der Waals surface area contributed by atoms with Crippen molar-refractivity contribution in [3.8, 4) is 0 Å². The van der Waals surface area contributed by atoms with E-state index in [1.54, 1.807) is 0 Å². The first kappa shape index (κ1) is 14.8. The fourth-order valence-electron chi connectivity index (χ4n) is 1.55. The zero-order chi connectivity index (χ0) is 12.7. The second kappa shape index (κ2) is 7.98. The van der Waals surface area contributed by atoms with Gasteiger partial charge in [-0.25, -0.2) is 0 Å². The molecule has 0 aromatic carbocycles. The van der Waals surface area contributed by atoms with Crippen molar-refractivity contribution in [2.45, 2.75) is 51.6 Å². The molecule has 0 aliphatic heterocycles. The van der Waals surface area contributed by atoms with Gasteiger partial charge in [0, 0.05) is 6.04 Å². The molecule has 0 radical (unpaired) electrons. The lowest BCUT2D eigenvalue weighted by Crippen LogP contribution is -2.39. The van der Waals surface area contributed by atoms with E-state index in [4.69, 9.17) is 4.74 Å². The minimum Gasteiger partial charge on any atom is -0.468 e. The van der Waals surface area contributed by atoms with Crippen LogP contribution in [0.1, 0.15) is 39.5 Å². The normalized spacial score (nSPS) is 18.8. The lowest BCUT2D eigenvalue weighted by Gasteiger charge is -2.16. The van der Waals surface area contributed by atoms with Gasteiger partial charge in [-0.1, -0.05) is 20.3 Å². The molecule has 4 heteroatoms. The Bertz CT molecular complexity index is 231. The van der Waals surface area contributed by atoms with Gasteiger partial charge in [-0.15, -0.1) is 0 Å². The number of esters is 1. The summed E-state index contributed by atoms with van der Waals surface area (Å²) in [7, 11) is 1.47. The molecule has 0 aromatic rings. The Labute approximate surface area is 109 Å². The van der Waals surface area contributed by atoms with Crippen molar-refractivity contribution >= 4 is 17.7 Å². The third-order valence-corrected chi connectivity index (χ3v) is 4.48. The molecule has 1 rings (SSSR count). The van der Waals surface area contributed by atoms with Gasteiger partial charge in [0.2, 0.25) is 0 Å². The van der Waals surface area contributed by atoms with Crippen LogP contribution in [0.25, 0.3) is 0 Å². The predicted octanol–water partition coefficient (Wildman–Crippen LogP) is 2.45. The molecule has 0 bridgehead atoms. The van der Waals surface area contributed by atoms with Crippen molar-refractivity contribution in [2.24, 2.45) is 5.92 Å². The van der Waals surface area contributed by atoms with Crippen molar-refractivity contribution in [1.82, 2.24) is 5.32 Å². The molecule has 100 valence electrons. The van der Waals surface area contributed by atoms with Crippen molar-refractivity contribution in [3.63, 3.8) is 0 Å². The third kappa shape index (κ3) is 6.32. The van der Waals surface area contributed by atoms with Gasteiger partial charge in [0.05, 0.1) is 7.11 Å². The second-order valence-corrected chi connectivity index (χ2v) is 6.04. The summed E-state index contributed by atoms with van der Waals surface area (Å²) < 4.78 is 4.83. The van der Waals surface area contributed by atoms with E-state index in [9.17, 15) is 4.79 Å². The molecule has 3 nitrogen and oxygen atoms in total. The number of rotatable bonds is 9. The largest absolute Gasteiger partial charge is 0.468 e. The van der Waals surface area contributed by atoms with Crippen LogP contribution in [0.3, 0.4) is 0 Å². The van der Waals surface area contributed by atoms with Crippen LogP contribution in [0.4, 0.5) is 0 Å². The fraction of sp³-hybridized carbons (Fsp3) is 0.923. The summed E-state index contributed by atoms with van der Waals surface area (Å²) in [6, 6.07) is 0.454. The van der Waals surface area contributed by atoms with Crippen molar-refractivity contribution in [3.05, 3.63) is 0 Å². The monoisotopic (exact) mass is 259 g/mol. The summed E-state index contributed by atoms with van der Waals surface area (Å²) in [6.45, 7) is 4.49. The van der Waals surface area contributed by atoms with E-state index in [-0.39, 0.29) is 12.0 Å². The van der Waals surface area contributed by atoms with Gasteiger partial charge in [0.1, 0.15) is 6.04 Å². The average Bonchev–Trinajstić information content (AvgIpc) is 3.15. The summed E-state index contributed by atoms with van der Waals surface area (Å²) in [5, 5.41) is 3.36. The molecule has 17 heavy (non-hydrogen) atoms. The van der Waals surface area contributed by atoms with Crippen molar-refractivity contribution in [2.75, 3.05) is 18.6 Å². The van der Waals surface area contributed by atoms with E-state index in [2.05, 4.69) is 19.2 Å². The zero-order valence-electron chi connectivity index (χ0n) is 11.2. The molecule has 0 saturated heterocycles. The highest BCUT2D eigenvalue weighted by atomic mass is 32.2. The minimum absolute atomic E-state index is 0.100. The highest BCUT2D eigenvalue weighted by Crippen LogP contribution is 2.21. The molecule has 1 aliphatic rings. The summed E-state index contributed by atoms with van der Waals surface area (Å²) in [5.74, 6) is 2.88. The van der Waals surface area contributed by atoms with Gasteiger partial charge < -0.3 is 10.1 Å². The van der Waals surface area contributed by atoms with E-state index in [0.29, 0.717) is 6.04 Å². The summed E-state index contributed by atoms with van der Waals surface area (Å²) >= 11 is 1.94. The Kier molecular flexibility index (Phi) is 6.97. The van der Waals surface area contributed by atoms with E-state index in [1.807, 2.05) is 11.8 Å². The number of hydrogen-bond donors (Lipinski definition) is 1. The number of carbonyl (C=O) groups is 1. The van der Waals surface area contributed by atoms with Crippen LogP contribution >= 0.6 is 11.8 Å². The van der Waals surface area contributed by atoms with Crippen LogP contribution in [-0.2, 0) is 9.53 Å². The molecule has 1 saturated carbocycles. The van der Waals surface area contributed by atoms with E-state index >= 15 is 0 Å². The standard InChI is InChI=1S/C13H25NO2S/c1-4-10(2)9-17-8-7-12(13(15)16-3)14-11-5-6-11/h10-12,14H,4-9H2,1-3H3. The zero-order valence-corrected chi connectivity index (χ0v) is 12.0. The molecule has 0 aromatic heterocycles. The van der Waals surface area contributed by atoms with Crippen molar-refractivity contribution < 1.29 is 9.53 Å². The van der Waals surface area contributed by atoms with E-state index in [0.717, 1.165) is 18.1 Å². The van der Waals surface area contributed by atoms with Crippen LogP contribution < -0.4 is 5.32 Å². The molecular formula is C13H25NO2S. The molecule has 2 atom stereocenters. The number of methoxy groups -OCH3 is 1. The van der Waals surface area contributed by atoms with Gasteiger partial charge in [-0.2, -0.15) is 11.8 Å². The van der Waals surface area contributed by atoms with Gasteiger partial charge in [0.15, 0.2) is 0 Å². The molecule has 1 aliphatic carbocycles. The Balaban J connectivity index is 2.16. The topological polar surface area (TPSA) is 38.3 Å². The molecular weight excluding hydrogens is 234 g/mol. The first-order valence-electron chi connectivity index (χ1n) is 6.59. The number of carbonyl (C=O) groups excluding carboxylic acids is 1. The highest BCUT2D eigenvalue weighted by Gasteiger charge is 2.28. The lowest BCUT2D eigenvalue weighted by molar-refractivity contribution is -0.143. The summed E-state index contributed by atoms with van der Waals surface area (Å²) in [5.41, 5.74) is 0. The Morgan fingerprint density at radius 2 is 2.24 bits per heavy atom. The van der Waals surface area contributed by atoms with E-state index in [1.165, 1.54) is 32.1 Å². The van der Waals surface area contributed by atoms with Gasteiger partial charge in [-0.05, 0) is 36.7 Å². The first-order chi connectivity index (χ1) is 8.17. The maximum atomic E-state index is 11.6. The van der Waals surface area contributed by atoms with Gasteiger partial charge in [-0.3, -0.25) is 4.79 Å². The van der Waals surface area contributed by atoms with Crippen LogP contribution in [0.15, 0.2) is 0 Å². The number of nitrogens with one attached hydrogen (secondary N) is 1. The third-order valence-electron chi connectivity index (χ3n) is 3.15. The number of thioether (sulfide) groups is 1. The Morgan fingerprint density at radius 1 is 1.53 bits per heavy atom. The lowest BCUT2D eigenvalue weighted by atomic mass is 10.2. The first-order valence-corrected chi connectivity index (χ1v) is 7.74. The maximum Gasteiger partial charge on any atom is 0.322 e. The Hall–Kier alpha value is -0.220. The molecule has 2 unspecified atom stereocenters. The van der Waals surface area contributed by atoms with Crippen LogP contribution in [0.2, 0.25) is 0 Å². The van der Waals surface area contributed by atoms with Crippen LogP contribution in [0, 0.1) is 5.92 Å². The maximum absolute atomic E-state index is 11.6. The smallest absolute Gasteiger partial charge is 0.322 e. The van der Waals surface area contributed by atoms with Gasteiger partial charge >= 0.3 is 5.97 Å². The molecule has 0 spiro atoms.